The summed E-state index contributed by atoms with van der Waals surface area (Å²) >= 11 is 5.80. The molecule has 6 heteroatoms. The van der Waals surface area contributed by atoms with E-state index in [1.807, 2.05) is 0 Å². The average Bonchev–Trinajstić information content (AvgIpc) is 2.45. The minimum Gasteiger partial charge on any atom is -0.481 e. The van der Waals surface area contributed by atoms with Gasteiger partial charge >= 0.3 is 5.97 Å². The van der Waals surface area contributed by atoms with E-state index in [4.69, 9.17) is 11.6 Å². The Morgan fingerprint density at radius 2 is 2.05 bits per heavy atom. The fraction of sp³-hybridized carbons (Fsp3) is 0.500. The van der Waals surface area contributed by atoms with E-state index in [9.17, 15) is 14.7 Å². The average molecular weight is 297 g/mol. The van der Waals surface area contributed by atoms with E-state index in [1.54, 1.807) is 6.07 Å². The van der Waals surface area contributed by atoms with E-state index in [2.05, 4.69) is 10.3 Å². The summed E-state index contributed by atoms with van der Waals surface area (Å²) in [6.07, 6.45) is 5.48. The summed E-state index contributed by atoms with van der Waals surface area (Å²) in [6, 6.07) is 3.05. The van der Waals surface area contributed by atoms with Crippen LogP contribution in [0.15, 0.2) is 18.3 Å². The topological polar surface area (TPSA) is 79.3 Å². The normalized spacial score (nSPS) is 17.4. The lowest BCUT2D eigenvalue weighted by atomic mass is 9.74. The van der Waals surface area contributed by atoms with Crippen LogP contribution in [0.25, 0.3) is 0 Å². The monoisotopic (exact) mass is 296 g/mol. The molecule has 0 spiro atoms. The molecule has 1 aromatic heterocycles. The highest BCUT2D eigenvalue weighted by molar-refractivity contribution is 6.30. The number of hydrogen-bond donors (Lipinski definition) is 2. The Morgan fingerprint density at radius 1 is 1.35 bits per heavy atom. The third kappa shape index (κ3) is 3.28. The molecule has 2 N–H and O–H groups in total. The van der Waals surface area contributed by atoms with Gasteiger partial charge in [-0.3, -0.25) is 14.6 Å². The maximum atomic E-state index is 12.0. The number of nitrogens with zero attached hydrogens (tertiary/aromatic N) is 1. The molecule has 5 nitrogen and oxygen atoms in total. The Hall–Kier alpha value is -1.62. The molecule has 108 valence electrons. The van der Waals surface area contributed by atoms with Crippen molar-refractivity contribution < 1.29 is 14.7 Å². The van der Waals surface area contributed by atoms with Crippen molar-refractivity contribution in [3.05, 3.63) is 29.0 Å². The minimum atomic E-state index is -0.841. The highest BCUT2D eigenvalue weighted by atomic mass is 35.5. The van der Waals surface area contributed by atoms with Crippen molar-refractivity contribution >= 4 is 23.5 Å². The Kier molecular flexibility index (Phi) is 4.60. The zero-order valence-electron chi connectivity index (χ0n) is 11.1. The molecule has 20 heavy (non-hydrogen) atoms. The number of carbonyl (C=O) groups is 2. The Balaban J connectivity index is 2.02. The van der Waals surface area contributed by atoms with E-state index in [0.29, 0.717) is 17.9 Å². The molecule has 2 rings (SSSR count). The summed E-state index contributed by atoms with van der Waals surface area (Å²) in [5.74, 6) is -1.23. The number of carbonyl (C=O) groups excluding carboxylic acids is 1. The van der Waals surface area contributed by atoms with Crippen LogP contribution in [-0.2, 0) is 4.79 Å². The van der Waals surface area contributed by atoms with Crippen molar-refractivity contribution in [3.63, 3.8) is 0 Å². The molecule has 1 heterocycles. The van der Waals surface area contributed by atoms with Crippen molar-refractivity contribution in [3.8, 4) is 0 Å². The van der Waals surface area contributed by atoms with E-state index in [1.165, 1.54) is 12.3 Å². The molecule has 1 aromatic rings. The van der Waals surface area contributed by atoms with Crippen LogP contribution < -0.4 is 5.32 Å². The van der Waals surface area contributed by atoms with Crippen molar-refractivity contribution in [1.29, 1.82) is 0 Å². The van der Waals surface area contributed by atoms with Crippen LogP contribution in [0.1, 0.15) is 42.6 Å². The van der Waals surface area contributed by atoms with Gasteiger partial charge in [-0.05, 0) is 25.0 Å². The molecule has 0 aromatic carbocycles. The lowest BCUT2D eigenvalue weighted by Crippen LogP contribution is -2.44. The summed E-state index contributed by atoms with van der Waals surface area (Å²) in [5.41, 5.74) is -0.638. The molecule has 1 saturated carbocycles. The predicted molar refractivity (Wildman–Crippen MR) is 74.7 cm³/mol. The Labute approximate surface area is 122 Å². The van der Waals surface area contributed by atoms with Crippen molar-refractivity contribution in [2.24, 2.45) is 5.41 Å². The van der Waals surface area contributed by atoms with Crippen molar-refractivity contribution in [2.45, 2.75) is 32.1 Å². The summed E-state index contributed by atoms with van der Waals surface area (Å²) < 4.78 is 0. The highest BCUT2D eigenvalue weighted by Gasteiger charge is 2.39. The van der Waals surface area contributed by atoms with E-state index in [0.717, 1.165) is 19.3 Å². The Bertz CT molecular complexity index is 513. The van der Waals surface area contributed by atoms with E-state index < -0.39 is 17.3 Å². The molecule has 1 aliphatic rings. The van der Waals surface area contributed by atoms with Crippen LogP contribution in [0, 0.1) is 5.41 Å². The second kappa shape index (κ2) is 6.22. The molecule has 0 aliphatic heterocycles. The lowest BCUT2D eigenvalue weighted by Gasteiger charge is -2.33. The summed E-state index contributed by atoms with van der Waals surface area (Å²) in [4.78, 5) is 27.4. The van der Waals surface area contributed by atoms with Gasteiger partial charge < -0.3 is 10.4 Å². The zero-order chi connectivity index (χ0) is 14.6. The van der Waals surface area contributed by atoms with Gasteiger partial charge in [-0.15, -0.1) is 0 Å². The molecular weight excluding hydrogens is 280 g/mol. The van der Waals surface area contributed by atoms with Gasteiger partial charge in [0.2, 0.25) is 0 Å². The second-order valence-electron chi connectivity index (χ2n) is 5.19. The van der Waals surface area contributed by atoms with Gasteiger partial charge in [-0.1, -0.05) is 30.9 Å². The van der Waals surface area contributed by atoms with Crippen molar-refractivity contribution in [1.82, 2.24) is 10.3 Å². The van der Waals surface area contributed by atoms with Gasteiger partial charge in [0, 0.05) is 17.8 Å². The quantitative estimate of drug-likeness (QED) is 0.894. The molecule has 0 unspecified atom stereocenters. The maximum Gasteiger partial charge on any atom is 0.311 e. The number of aromatic nitrogens is 1. The molecule has 0 atom stereocenters. The summed E-state index contributed by atoms with van der Waals surface area (Å²) in [5, 5.41) is 12.5. The first kappa shape index (κ1) is 14.8. The second-order valence-corrected chi connectivity index (χ2v) is 5.62. The first-order chi connectivity index (χ1) is 9.53. The lowest BCUT2D eigenvalue weighted by molar-refractivity contribution is -0.150. The van der Waals surface area contributed by atoms with Crippen LogP contribution in [0.5, 0.6) is 0 Å². The van der Waals surface area contributed by atoms with Crippen LogP contribution in [0.3, 0.4) is 0 Å². The molecule has 0 bridgehead atoms. The first-order valence-corrected chi connectivity index (χ1v) is 7.04. The zero-order valence-corrected chi connectivity index (χ0v) is 11.8. The SMILES string of the molecule is O=C(NCC1(C(=O)O)CCCCC1)c1cc(Cl)ccn1. The number of amides is 1. The number of pyridine rings is 1. The summed E-state index contributed by atoms with van der Waals surface area (Å²) in [7, 11) is 0. The number of carboxylic acid groups (broad SMARTS) is 1. The number of carboxylic acids is 1. The fourth-order valence-electron chi connectivity index (χ4n) is 2.56. The number of hydrogen-bond acceptors (Lipinski definition) is 3. The van der Waals surface area contributed by atoms with Gasteiger partial charge in [0.05, 0.1) is 5.41 Å². The van der Waals surface area contributed by atoms with Gasteiger partial charge in [0.1, 0.15) is 5.69 Å². The van der Waals surface area contributed by atoms with E-state index in [-0.39, 0.29) is 12.2 Å². The number of halogens is 1. The van der Waals surface area contributed by atoms with Crippen LogP contribution in [0.2, 0.25) is 5.02 Å². The third-order valence-electron chi connectivity index (χ3n) is 3.81. The van der Waals surface area contributed by atoms with Crippen LogP contribution >= 0.6 is 11.6 Å². The summed E-state index contributed by atoms with van der Waals surface area (Å²) in [6.45, 7) is 0.134. The smallest absolute Gasteiger partial charge is 0.311 e. The largest absolute Gasteiger partial charge is 0.481 e. The van der Waals surface area contributed by atoms with Gasteiger partial charge in [0.15, 0.2) is 0 Å². The van der Waals surface area contributed by atoms with Crippen molar-refractivity contribution in [2.75, 3.05) is 6.54 Å². The number of aliphatic carboxylic acids is 1. The molecular formula is C14H17ClN2O3. The fourth-order valence-corrected chi connectivity index (χ4v) is 2.72. The minimum absolute atomic E-state index is 0.134. The highest BCUT2D eigenvalue weighted by Crippen LogP contribution is 2.36. The molecule has 0 saturated heterocycles. The van der Waals surface area contributed by atoms with E-state index >= 15 is 0 Å². The molecule has 1 amide bonds. The first-order valence-electron chi connectivity index (χ1n) is 6.67. The standard InChI is InChI=1S/C14H17ClN2O3/c15-10-4-7-16-11(8-10)12(18)17-9-14(13(19)20)5-2-1-3-6-14/h4,7-8H,1-3,5-6,9H2,(H,17,18)(H,19,20). The van der Waals surface area contributed by atoms with Gasteiger partial charge in [-0.2, -0.15) is 0 Å². The molecule has 1 fully saturated rings. The Morgan fingerprint density at radius 3 is 2.65 bits per heavy atom. The van der Waals surface area contributed by atoms with Crippen LogP contribution in [-0.4, -0.2) is 28.5 Å². The molecule has 0 radical (unpaired) electrons. The van der Waals surface area contributed by atoms with Gasteiger partial charge in [-0.25, -0.2) is 0 Å². The van der Waals surface area contributed by atoms with Gasteiger partial charge in [0.25, 0.3) is 5.91 Å². The predicted octanol–water partition coefficient (Wildman–Crippen LogP) is 2.50. The van der Waals surface area contributed by atoms with Crippen LogP contribution in [0.4, 0.5) is 0 Å². The number of rotatable bonds is 4. The maximum absolute atomic E-state index is 12.0. The molecule has 1 aliphatic carbocycles. The third-order valence-corrected chi connectivity index (χ3v) is 4.04. The number of nitrogens with one attached hydrogen (secondary N) is 1.